The summed E-state index contributed by atoms with van der Waals surface area (Å²) in [6.45, 7) is 3.74. The number of benzene rings is 1. The third-order valence-corrected chi connectivity index (χ3v) is 5.77. The molecule has 6 heteroatoms. The van der Waals surface area contributed by atoms with Gasteiger partial charge in [0.05, 0.1) is 6.54 Å². The summed E-state index contributed by atoms with van der Waals surface area (Å²) < 4.78 is 0. The van der Waals surface area contributed by atoms with Gasteiger partial charge in [-0.3, -0.25) is 19.5 Å². The molecule has 4 rings (SSSR count). The topological polar surface area (TPSA) is 65.5 Å². The van der Waals surface area contributed by atoms with Crippen molar-refractivity contribution in [2.45, 2.75) is 18.3 Å². The molecule has 2 aromatic rings. The van der Waals surface area contributed by atoms with E-state index in [1.165, 1.54) is 5.56 Å². The van der Waals surface area contributed by atoms with Crippen LogP contribution in [0.1, 0.15) is 28.9 Å². The van der Waals surface area contributed by atoms with Crippen LogP contribution in [0.2, 0.25) is 0 Å². The molecule has 1 aliphatic carbocycles. The zero-order chi connectivity index (χ0) is 19.4. The van der Waals surface area contributed by atoms with Crippen LogP contribution in [-0.4, -0.2) is 65.9 Å². The summed E-state index contributed by atoms with van der Waals surface area (Å²) in [4.78, 5) is 32.9. The maximum absolute atomic E-state index is 12.4. The summed E-state index contributed by atoms with van der Waals surface area (Å²) in [6.07, 6.45) is 3.90. The molecule has 0 radical (unpaired) electrons. The number of hydrogen-bond acceptors (Lipinski definition) is 4. The van der Waals surface area contributed by atoms with E-state index in [9.17, 15) is 9.59 Å². The third kappa shape index (κ3) is 4.22. The van der Waals surface area contributed by atoms with Crippen molar-refractivity contribution in [3.63, 3.8) is 0 Å². The fourth-order valence-corrected chi connectivity index (χ4v) is 3.80. The van der Waals surface area contributed by atoms with Gasteiger partial charge in [-0.25, -0.2) is 0 Å². The first-order chi connectivity index (χ1) is 13.7. The van der Waals surface area contributed by atoms with Crippen LogP contribution >= 0.6 is 0 Å². The molecule has 0 atom stereocenters. The van der Waals surface area contributed by atoms with E-state index in [4.69, 9.17) is 0 Å². The quantitative estimate of drug-likeness (QED) is 0.831. The van der Waals surface area contributed by atoms with Crippen molar-refractivity contribution in [1.29, 1.82) is 0 Å². The van der Waals surface area contributed by atoms with Crippen LogP contribution < -0.4 is 5.32 Å². The number of nitrogens with one attached hydrogen (secondary N) is 1. The number of aromatic nitrogens is 1. The van der Waals surface area contributed by atoms with E-state index in [0.29, 0.717) is 45.0 Å². The minimum atomic E-state index is -0.0387. The normalized spacial score (nSPS) is 18.5. The maximum Gasteiger partial charge on any atom is 0.272 e. The Hall–Kier alpha value is -2.73. The van der Waals surface area contributed by atoms with Gasteiger partial charge < -0.3 is 10.2 Å². The van der Waals surface area contributed by atoms with Gasteiger partial charge in [0, 0.05) is 44.3 Å². The number of piperazine rings is 1. The number of carbonyl (C=O) groups excluding carboxylic acids is 2. The Labute approximate surface area is 165 Å². The van der Waals surface area contributed by atoms with Crippen LogP contribution in [0, 0.1) is 0 Å². The molecule has 6 nitrogen and oxygen atoms in total. The van der Waals surface area contributed by atoms with Crippen LogP contribution in [-0.2, 0) is 10.2 Å². The molecule has 0 unspecified atom stereocenters. The van der Waals surface area contributed by atoms with E-state index >= 15 is 0 Å². The lowest BCUT2D eigenvalue weighted by Crippen LogP contribution is -2.51. The molecule has 1 aromatic carbocycles. The van der Waals surface area contributed by atoms with E-state index in [0.717, 1.165) is 12.8 Å². The summed E-state index contributed by atoms with van der Waals surface area (Å²) in [7, 11) is 0. The number of carbonyl (C=O) groups is 2. The van der Waals surface area contributed by atoms with Gasteiger partial charge in [-0.15, -0.1) is 0 Å². The first kappa shape index (κ1) is 18.6. The standard InChI is InChI=1S/C22H26N4O2/c27-20(24-17-22(9-10-22)18-6-2-1-3-7-18)16-25-12-14-26(15-13-25)21(28)19-8-4-5-11-23-19/h1-8,11H,9-10,12-17H2,(H,24,27). The first-order valence-corrected chi connectivity index (χ1v) is 9.91. The van der Waals surface area contributed by atoms with Crippen molar-refractivity contribution in [2.75, 3.05) is 39.3 Å². The lowest BCUT2D eigenvalue weighted by atomic mass is 9.96. The number of hydrogen-bond donors (Lipinski definition) is 1. The Morgan fingerprint density at radius 1 is 0.964 bits per heavy atom. The van der Waals surface area contributed by atoms with Crippen LogP contribution in [0.15, 0.2) is 54.7 Å². The van der Waals surface area contributed by atoms with E-state index in [2.05, 4.69) is 39.5 Å². The average molecular weight is 378 g/mol. The Bertz CT molecular complexity index is 813. The van der Waals surface area contributed by atoms with E-state index in [-0.39, 0.29) is 17.2 Å². The molecule has 1 aromatic heterocycles. The molecule has 28 heavy (non-hydrogen) atoms. The molecule has 0 spiro atoms. The first-order valence-electron chi connectivity index (χ1n) is 9.91. The van der Waals surface area contributed by atoms with Gasteiger partial charge >= 0.3 is 0 Å². The smallest absolute Gasteiger partial charge is 0.272 e. The minimum Gasteiger partial charge on any atom is -0.354 e. The zero-order valence-electron chi connectivity index (χ0n) is 16.0. The van der Waals surface area contributed by atoms with Crippen molar-refractivity contribution in [3.8, 4) is 0 Å². The zero-order valence-corrected chi connectivity index (χ0v) is 16.0. The SMILES string of the molecule is O=C(CN1CCN(C(=O)c2ccccn2)CC1)NCC1(c2ccccc2)CC1. The Morgan fingerprint density at radius 3 is 2.32 bits per heavy atom. The van der Waals surface area contributed by atoms with Crippen LogP contribution in [0.5, 0.6) is 0 Å². The summed E-state index contributed by atoms with van der Waals surface area (Å²) in [5.74, 6) is 0.0231. The van der Waals surface area contributed by atoms with Crippen molar-refractivity contribution in [2.24, 2.45) is 0 Å². The molecule has 0 bridgehead atoms. The third-order valence-electron chi connectivity index (χ3n) is 5.77. The molecule has 1 N–H and O–H groups in total. The summed E-state index contributed by atoms with van der Waals surface area (Å²) >= 11 is 0. The Kier molecular flexibility index (Phi) is 5.39. The molecule has 2 heterocycles. The van der Waals surface area contributed by atoms with Gasteiger partial charge in [-0.05, 0) is 30.5 Å². The molecular weight excluding hydrogens is 352 g/mol. The van der Waals surface area contributed by atoms with Crippen molar-refractivity contribution >= 4 is 11.8 Å². The lowest BCUT2D eigenvalue weighted by Gasteiger charge is -2.34. The van der Waals surface area contributed by atoms with Gasteiger partial charge in [0.15, 0.2) is 0 Å². The summed E-state index contributed by atoms with van der Waals surface area (Å²) in [5, 5.41) is 3.12. The second kappa shape index (κ2) is 8.10. The molecule has 2 amide bonds. The van der Waals surface area contributed by atoms with E-state index < -0.39 is 0 Å². The Morgan fingerprint density at radius 2 is 1.68 bits per heavy atom. The predicted octanol–water partition coefficient (Wildman–Crippen LogP) is 1.69. The largest absolute Gasteiger partial charge is 0.354 e. The van der Waals surface area contributed by atoms with Gasteiger partial charge in [-0.1, -0.05) is 36.4 Å². The number of amides is 2. The van der Waals surface area contributed by atoms with Crippen molar-refractivity contribution in [1.82, 2.24) is 20.1 Å². The van der Waals surface area contributed by atoms with Crippen LogP contribution in [0.25, 0.3) is 0 Å². The van der Waals surface area contributed by atoms with Gasteiger partial charge in [0.25, 0.3) is 5.91 Å². The van der Waals surface area contributed by atoms with Crippen LogP contribution in [0.4, 0.5) is 0 Å². The second-order valence-corrected chi connectivity index (χ2v) is 7.71. The molecule has 1 saturated carbocycles. The highest BCUT2D eigenvalue weighted by atomic mass is 16.2. The lowest BCUT2D eigenvalue weighted by molar-refractivity contribution is -0.122. The number of pyridine rings is 1. The van der Waals surface area contributed by atoms with Crippen LogP contribution in [0.3, 0.4) is 0 Å². The highest BCUT2D eigenvalue weighted by Gasteiger charge is 2.44. The second-order valence-electron chi connectivity index (χ2n) is 7.71. The van der Waals surface area contributed by atoms with Gasteiger partial charge in [0.1, 0.15) is 5.69 Å². The molecule has 2 fully saturated rings. The highest BCUT2D eigenvalue weighted by Crippen LogP contribution is 2.47. The number of nitrogens with zero attached hydrogens (tertiary/aromatic N) is 3. The van der Waals surface area contributed by atoms with E-state index in [1.807, 2.05) is 17.0 Å². The molecule has 1 saturated heterocycles. The van der Waals surface area contributed by atoms with Crippen molar-refractivity contribution in [3.05, 3.63) is 66.0 Å². The van der Waals surface area contributed by atoms with Gasteiger partial charge in [-0.2, -0.15) is 0 Å². The summed E-state index contributed by atoms with van der Waals surface area (Å²) in [6, 6.07) is 15.8. The number of rotatable bonds is 6. The fourth-order valence-electron chi connectivity index (χ4n) is 3.80. The van der Waals surface area contributed by atoms with Gasteiger partial charge in [0.2, 0.25) is 5.91 Å². The summed E-state index contributed by atoms with van der Waals surface area (Å²) in [5.41, 5.74) is 1.92. The minimum absolute atomic E-state index is 0.0387. The molecule has 1 aliphatic heterocycles. The molecule has 2 aliphatic rings. The predicted molar refractivity (Wildman–Crippen MR) is 107 cm³/mol. The van der Waals surface area contributed by atoms with E-state index in [1.54, 1.807) is 18.3 Å². The molecule has 146 valence electrons. The average Bonchev–Trinajstić information content (AvgIpc) is 3.55. The fraction of sp³-hybridized carbons (Fsp3) is 0.409. The highest BCUT2D eigenvalue weighted by molar-refractivity contribution is 5.92. The maximum atomic E-state index is 12.4. The van der Waals surface area contributed by atoms with Crippen molar-refractivity contribution < 1.29 is 9.59 Å². The molecular formula is C22H26N4O2. The Balaban J connectivity index is 1.22. The monoisotopic (exact) mass is 378 g/mol.